The van der Waals surface area contributed by atoms with Gasteiger partial charge in [0.2, 0.25) is 0 Å². The Morgan fingerprint density at radius 2 is 2.06 bits per heavy atom. The summed E-state index contributed by atoms with van der Waals surface area (Å²) in [6, 6.07) is 1.64. The van der Waals surface area contributed by atoms with E-state index in [1.165, 1.54) is 6.07 Å². The second-order valence-corrected chi connectivity index (χ2v) is 5.24. The summed E-state index contributed by atoms with van der Waals surface area (Å²) < 4.78 is 14.0. The van der Waals surface area contributed by atoms with Gasteiger partial charge in [0.05, 0.1) is 17.1 Å². The van der Waals surface area contributed by atoms with E-state index in [1.54, 1.807) is 23.7 Å². The highest BCUT2D eigenvalue weighted by molar-refractivity contribution is 7.98. The molecule has 1 aromatic carbocycles. The molecule has 0 heterocycles. The molecule has 0 radical (unpaired) electrons. The monoisotopic (exact) mass is 277 g/mol. The standard InChI is InChI=1S/C11H17ClFN3S/c1-6(5-17-3)16(2)11-8(15)4-7(14)9(12)10(11)13/h4,6H,5,14-15H2,1-3H3. The van der Waals surface area contributed by atoms with Crippen LogP contribution in [0.5, 0.6) is 0 Å². The van der Waals surface area contributed by atoms with Crippen LogP contribution in [0, 0.1) is 5.82 Å². The van der Waals surface area contributed by atoms with Crippen LogP contribution >= 0.6 is 23.4 Å². The zero-order valence-corrected chi connectivity index (χ0v) is 11.7. The van der Waals surface area contributed by atoms with Gasteiger partial charge < -0.3 is 16.4 Å². The maximum atomic E-state index is 14.0. The summed E-state index contributed by atoms with van der Waals surface area (Å²) in [5, 5.41) is -0.0719. The largest absolute Gasteiger partial charge is 0.397 e. The van der Waals surface area contributed by atoms with Gasteiger partial charge >= 0.3 is 0 Å². The van der Waals surface area contributed by atoms with Gasteiger partial charge in [0, 0.05) is 18.8 Å². The Balaban J connectivity index is 3.17. The fourth-order valence-electron chi connectivity index (χ4n) is 1.59. The third-order valence-electron chi connectivity index (χ3n) is 2.66. The minimum Gasteiger partial charge on any atom is -0.397 e. The normalized spacial score (nSPS) is 12.5. The Morgan fingerprint density at radius 1 is 1.47 bits per heavy atom. The van der Waals surface area contributed by atoms with Crippen LogP contribution in [0.4, 0.5) is 21.5 Å². The smallest absolute Gasteiger partial charge is 0.169 e. The van der Waals surface area contributed by atoms with Gasteiger partial charge in [-0.3, -0.25) is 0 Å². The van der Waals surface area contributed by atoms with Crippen molar-refractivity contribution >= 4 is 40.4 Å². The fourth-order valence-corrected chi connectivity index (χ4v) is 2.44. The van der Waals surface area contributed by atoms with Crippen LogP contribution in [-0.2, 0) is 0 Å². The van der Waals surface area contributed by atoms with Crippen molar-refractivity contribution in [3.63, 3.8) is 0 Å². The van der Waals surface area contributed by atoms with Crippen molar-refractivity contribution in [2.45, 2.75) is 13.0 Å². The topological polar surface area (TPSA) is 55.3 Å². The number of rotatable bonds is 4. The molecule has 0 aliphatic rings. The van der Waals surface area contributed by atoms with Crippen LogP contribution in [0.2, 0.25) is 5.02 Å². The zero-order chi connectivity index (χ0) is 13.2. The average molecular weight is 278 g/mol. The molecule has 1 atom stereocenters. The van der Waals surface area contributed by atoms with E-state index in [9.17, 15) is 4.39 Å². The zero-order valence-electron chi connectivity index (χ0n) is 10.1. The molecule has 1 aromatic rings. The van der Waals surface area contributed by atoms with Crippen molar-refractivity contribution < 1.29 is 4.39 Å². The quantitative estimate of drug-likeness (QED) is 0.831. The van der Waals surface area contributed by atoms with Crippen molar-refractivity contribution in [2.75, 3.05) is 35.4 Å². The first-order chi connectivity index (χ1) is 7.90. The second-order valence-electron chi connectivity index (χ2n) is 3.95. The first-order valence-corrected chi connectivity index (χ1v) is 6.92. The van der Waals surface area contributed by atoms with Crippen molar-refractivity contribution in [1.82, 2.24) is 0 Å². The lowest BCUT2D eigenvalue weighted by molar-refractivity contribution is 0.616. The van der Waals surface area contributed by atoms with Crippen LogP contribution < -0.4 is 16.4 Å². The summed E-state index contributed by atoms with van der Waals surface area (Å²) >= 11 is 7.48. The van der Waals surface area contributed by atoms with Gasteiger partial charge in [0.25, 0.3) is 0 Å². The van der Waals surface area contributed by atoms with Gasteiger partial charge in [-0.25, -0.2) is 4.39 Å². The summed E-state index contributed by atoms with van der Waals surface area (Å²) in [4.78, 5) is 1.78. The number of hydrogen-bond donors (Lipinski definition) is 2. The van der Waals surface area contributed by atoms with E-state index in [4.69, 9.17) is 23.1 Å². The Morgan fingerprint density at radius 3 is 2.59 bits per heavy atom. The minimum atomic E-state index is -0.556. The highest BCUT2D eigenvalue weighted by Crippen LogP contribution is 2.36. The number of nitrogens with two attached hydrogens (primary N) is 2. The maximum absolute atomic E-state index is 14.0. The van der Waals surface area contributed by atoms with Crippen molar-refractivity contribution in [3.8, 4) is 0 Å². The summed E-state index contributed by atoms with van der Waals surface area (Å²) in [7, 11) is 1.79. The van der Waals surface area contributed by atoms with Gasteiger partial charge in [0.1, 0.15) is 5.02 Å². The van der Waals surface area contributed by atoms with Crippen LogP contribution in [0.25, 0.3) is 0 Å². The van der Waals surface area contributed by atoms with Gasteiger partial charge in [-0.15, -0.1) is 0 Å². The van der Waals surface area contributed by atoms with Crippen LogP contribution in [0.15, 0.2) is 6.07 Å². The molecule has 0 aromatic heterocycles. The molecule has 1 unspecified atom stereocenters. The number of nitrogen functional groups attached to an aromatic ring is 2. The van der Waals surface area contributed by atoms with E-state index in [-0.39, 0.29) is 16.8 Å². The molecule has 1 rings (SSSR count). The van der Waals surface area contributed by atoms with Gasteiger partial charge in [0.15, 0.2) is 5.82 Å². The highest BCUT2D eigenvalue weighted by atomic mass is 35.5. The molecule has 0 spiro atoms. The van der Waals surface area contributed by atoms with Gasteiger partial charge in [-0.1, -0.05) is 11.6 Å². The molecule has 0 aliphatic heterocycles. The molecule has 0 fully saturated rings. The van der Waals surface area contributed by atoms with Crippen molar-refractivity contribution in [2.24, 2.45) is 0 Å². The van der Waals surface area contributed by atoms with E-state index in [0.717, 1.165) is 5.75 Å². The SMILES string of the molecule is CSCC(C)N(C)c1c(N)cc(N)c(Cl)c1F. The Labute approximate surface area is 110 Å². The molecular weight excluding hydrogens is 261 g/mol. The Bertz CT molecular complexity index is 414. The van der Waals surface area contributed by atoms with E-state index in [2.05, 4.69) is 0 Å². The molecule has 4 N–H and O–H groups in total. The molecule has 6 heteroatoms. The van der Waals surface area contributed by atoms with Crippen LogP contribution in [-0.4, -0.2) is 25.1 Å². The molecule has 0 amide bonds. The predicted octanol–water partition coefficient (Wildman–Crippen LogP) is 2.83. The minimum absolute atomic E-state index is 0.0719. The predicted molar refractivity (Wildman–Crippen MR) is 76.5 cm³/mol. The number of halogens is 2. The molecule has 3 nitrogen and oxygen atoms in total. The number of thioether (sulfide) groups is 1. The maximum Gasteiger partial charge on any atom is 0.169 e. The van der Waals surface area contributed by atoms with E-state index < -0.39 is 5.82 Å². The first kappa shape index (κ1) is 14.3. The first-order valence-electron chi connectivity index (χ1n) is 5.14. The summed E-state index contributed by atoms with van der Waals surface area (Å²) in [6.45, 7) is 2.00. The van der Waals surface area contributed by atoms with Gasteiger partial charge in [-0.2, -0.15) is 11.8 Å². The van der Waals surface area contributed by atoms with E-state index in [0.29, 0.717) is 11.4 Å². The number of hydrogen-bond acceptors (Lipinski definition) is 4. The lowest BCUT2D eigenvalue weighted by atomic mass is 10.2. The van der Waals surface area contributed by atoms with Crippen molar-refractivity contribution in [3.05, 3.63) is 16.9 Å². The number of benzene rings is 1. The lowest BCUT2D eigenvalue weighted by Gasteiger charge is -2.28. The number of anilines is 3. The number of nitrogens with zero attached hydrogens (tertiary/aromatic N) is 1. The average Bonchev–Trinajstić information content (AvgIpc) is 2.26. The lowest BCUT2D eigenvalue weighted by Crippen LogP contribution is -2.32. The van der Waals surface area contributed by atoms with Crippen LogP contribution in [0.3, 0.4) is 0 Å². The highest BCUT2D eigenvalue weighted by Gasteiger charge is 2.20. The van der Waals surface area contributed by atoms with E-state index in [1.807, 2.05) is 13.2 Å². The molecule has 0 aliphatic carbocycles. The fraction of sp³-hybridized carbons (Fsp3) is 0.455. The third-order valence-corrected chi connectivity index (χ3v) is 3.86. The molecule has 96 valence electrons. The Kier molecular flexibility index (Phi) is 4.77. The van der Waals surface area contributed by atoms with E-state index >= 15 is 0 Å². The van der Waals surface area contributed by atoms with Crippen LogP contribution in [0.1, 0.15) is 6.92 Å². The molecule has 0 bridgehead atoms. The third kappa shape index (κ3) is 2.90. The molecule has 0 saturated heterocycles. The van der Waals surface area contributed by atoms with Crippen molar-refractivity contribution in [1.29, 1.82) is 0 Å². The summed E-state index contributed by atoms with van der Waals surface area (Å²) in [5.41, 5.74) is 12.1. The summed E-state index contributed by atoms with van der Waals surface area (Å²) in [6.07, 6.45) is 2.00. The summed E-state index contributed by atoms with van der Waals surface area (Å²) in [5.74, 6) is 0.316. The second kappa shape index (κ2) is 5.69. The van der Waals surface area contributed by atoms with Gasteiger partial charge in [-0.05, 0) is 19.2 Å². The molecular formula is C11H17ClFN3S. The molecule has 0 saturated carbocycles. The Hall–Kier alpha value is -0.810. The molecule has 17 heavy (non-hydrogen) atoms.